The number of para-hydroxylation sites is 1. The first-order valence-electron chi connectivity index (χ1n) is 7.05. The summed E-state index contributed by atoms with van der Waals surface area (Å²) in [6.45, 7) is 4.65. The van der Waals surface area contributed by atoms with Gasteiger partial charge in [0.25, 0.3) is 5.56 Å². The number of aryl methyl sites for hydroxylation is 2. The Hall–Kier alpha value is -2.55. The summed E-state index contributed by atoms with van der Waals surface area (Å²) in [6, 6.07) is 16.0. The van der Waals surface area contributed by atoms with Gasteiger partial charge in [-0.15, -0.1) is 0 Å². The zero-order valence-corrected chi connectivity index (χ0v) is 12.2. The zero-order valence-electron chi connectivity index (χ0n) is 12.2. The maximum Gasteiger partial charge on any atom is 0.253 e. The molecule has 3 heteroatoms. The van der Waals surface area contributed by atoms with Crippen molar-refractivity contribution in [3.8, 4) is 0 Å². The van der Waals surface area contributed by atoms with Crippen LogP contribution < -0.4 is 10.9 Å². The number of H-pyrrole nitrogens is 1. The van der Waals surface area contributed by atoms with Crippen LogP contribution in [0.5, 0.6) is 0 Å². The van der Waals surface area contributed by atoms with Crippen molar-refractivity contribution in [2.75, 3.05) is 5.32 Å². The second kappa shape index (κ2) is 5.44. The van der Waals surface area contributed by atoms with E-state index in [2.05, 4.69) is 30.2 Å². The van der Waals surface area contributed by atoms with E-state index in [1.165, 1.54) is 11.1 Å². The Kier molecular flexibility index (Phi) is 3.48. The molecule has 0 saturated heterocycles. The molecule has 21 heavy (non-hydrogen) atoms. The van der Waals surface area contributed by atoms with E-state index in [-0.39, 0.29) is 5.56 Å². The van der Waals surface area contributed by atoms with Crippen LogP contribution in [0.4, 0.5) is 5.69 Å². The van der Waals surface area contributed by atoms with E-state index in [4.69, 9.17) is 0 Å². The lowest BCUT2D eigenvalue weighted by Gasteiger charge is -2.08. The van der Waals surface area contributed by atoms with E-state index in [1.807, 2.05) is 42.5 Å². The molecular weight excluding hydrogens is 260 g/mol. The molecule has 1 aromatic heterocycles. The van der Waals surface area contributed by atoms with Gasteiger partial charge in [-0.05, 0) is 60.7 Å². The SMILES string of the molecule is Cc1cc2cc(CNc3ccccc3)c(=O)[nH]c2cc1C. The maximum atomic E-state index is 12.2. The van der Waals surface area contributed by atoms with Crippen LogP contribution in [0, 0.1) is 13.8 Å². The minimum absolute atomic E-state index is 0.0332. The average Bonchev–Trinajstić information content (AvgIpc) is 2.48. The standard InChI is InChI=1S/C18H18N2O/c1-12-8-14-10-15(11-19-16-6-4-3-5-7-16)18(21)20-17(14)9-13(12)2/h3-10,19H,11H2,1-2H3,(H,20,21). The Morgan fingerprint density at radius 1 is 1.00 bits per heavy atom. The summed E-state index contributed by atoms with van der Waals surface area (Å²) in [6.07, 6.45) is 0. The summed E-state index contributed by atoms with van der Waals surface area (Å²) in [7, 11) is 0. The van der Waals surface area contributed by atoms with Gasteiger partial charge in [-0.25, -0.2) is 0 Å². The highest BCUT2D eigenvalue weighted by molar-refractivity contribution is 5.80. The number of pyridine rings is 1. The van der Waals surface area contributed by atoms with E-state index in [0.717, 1.165) is 22.2 Å². The molecule has 1 heterocycles. The molecule has 2 N–H and O–H groups in total. The van der Waals surface area contributed by atoms with Crippen molar-refractivity contribution in [3.63, 3.8) is 0 Å². The molecule has 0 aliphatic heterocycles. The van der Waals surface area contributed by atoms with Gasteiger partial charge in [0.2, 0.25) is 0 Å². The van der Waals surface area contributed by atoms with Gasteiger partial charge in [-0.1, -0.05) is 18.2 Å². The molecule has 3 rings (SSSR count). The van der Waals surface area contributed by atoms with Crippen molar-refractivity contribution < 1.29 is 0 Å². The summed E-state index contributed by atoms with van der Waals surface area (Å²) in [5, 5.41) is 4.34. The van der Waals surface area contributed by atoms with Gasteiger partial charge < -0.3 is 10.3 Å². The van der Waals surface area contributed by atoms with Crippen LogP contribution in [-0.2, 0) is 6.54 Å². The lowest BCUT2D eigenvalue weighted by Crippen LogP contribution is -2.15. The van der Waals surface area contributed by atoms with Crippen molar-refractivity contribution >= 4 is 16.6 Å². The number of anilines is 1. The first kappa shape index (κ1) is 13.4. The number of aromatic nitrogens is 1. The lowest BCUT2D eigenvalue weighted by molar-refractivity contribution is 1.09. The highest BCUT2D eigenvalue weighted by Crippen LogP contribution is 2.17. The minimum atomic E-state index is -0.0332. The average molecular weight is 278 g/mol. The van der Waals surface area contributed by atoms with Gasteiger partial charge >= 0.3 is 0 Å². The summed E-state index contributed by atoms with van der Waals surface area (Å²) in [5.74, 6) is 0. The van der Waals surface area contributed by atoms with Crippen molar-refractivity contribution in [1.29, 1.82) is 0 Å². The first-order valence-corrected chi connectivity index (χ1v) is 7.05. The summed E-state index contributed by atoms with van der Waals surface area (Å²) >= 11 is 0. The fraction of sp³-hybridized carbons (Fsp3) is 0.167. The third kappa shape index (κ3) is 2.82. The normalized spacial score (nSPS) is 10.8. The molecule has 0 aliphatic carbocycles. The minimum Gasteiger partial charge on any atom is -0.381 e. The Morgan fingerprint density at radius 3 is 2.48 bits per heavy atom. The van der Waals surface area contributed by atoms with Crippen molar-refractivity contribution in [3.05, 3.63) is 75.6 Å². The Balaban J connectivity index is 1.94. The Bertz CT molecular complexity index is 835. The second-order valence-electron chi connectivity index (χ2n) is 5.37. The number of fused-ring (bicyclic) bond motifs is 1. The third-order valence-electron chi connectivity index (χ3n) is 3.79. The van der Waals surface area contributed by atoms with Crippen molar-refractivity contribution in [2.24, 2.45) is 0 Å². The molecule has 0 spiro atoms. The van der Waals surface area contributed by atoms with Gasteiger partial charge in [0, 0.05) is 23.3 Å². The fourth-order valence-corrected chi connectivity index (χ4v) is 2.41. The van der Waals surface area contributed by atoms with Crippen LogP contribution in [-0.4, -0.2) is 4.98 Å². The second-order valence-corrected chi connectivity index (χ2v) is 5.37. The van der Waals surface area contributed by atoms with Crippen LogP contribution in [0.2, 0.25) is 0 Å². The van der Waals surface area contributed by atoms with E-state index >= 15 is 0 Å². The summed E-state index contributed by atoms with van der Waals surface area (Å²) < 4.78 is 0. The van der Waals surface area contributed by atoms with Crippen LogP contribution >= 0.6 is 0 Å². The molecule has 0 aliphatic rings. The molecule has 0 radical (unpaired) electrons. The summed E-state index contributed by atoms with van der Waals surface area (Å²) in [4.78, 5) is 15.1. The molecule has 2 aromatic carbocycles. The molecule has 3 nitrogen and oxygen atoms in total. The molecule has 0 fully saturated rings. The van der Waals surface area contributed by atoms with Gasteiger partial charge in [0.05, 0.1) is 0 Å². The van der Waals surface area contributed by atoms with Crippen LogP contribution in [0.15, 0.2) is 53.3 Å². The molecule has 0 bridgehead atoms. The monoisotopic (exact) mass is 278 g/mol. The highest BCUT2D eigenvalue weighted by Gasteiger charge is 2.04. The van der Waals surface area contributed by atoms with E-state index < -0.39 is 0 Å². The number of rotatable bonds is 3. The molecule has 106 valence electrons. The fourth-order valence-electron chi connectivity index (χ4n) is 2.41. The molecule has 0 atom stereocenters. The van der Waals surface area contributed by atoms with Crippen LogP contribution in [0.1, 0.15) is 16.7 Å². The molecule has 3 aromatic rings. The van der Waals surface area contributed by atoms with Gasteiger partial charge in [0.1, 0.15) is 0 Å². The number of nitrogens with one attached hydrogen (secondary N) is 2. The highest BCUT2D eigenvalue weighted by atomic mass is 16.1. The number of aromatic amines is 1. The third-order valence-corrected chi connectivity index (χ3v) is 3.79. The Morgan fingerprint density at radius 2 is 1.71 bits per heavy atom. The molecule has 0 unspecified atom stereocenters. The smallest absolute Gasteiger partial charge is 0.253 e. The van der Waals surface area contributed by atoms with E-state index in [9.17, 15) is 4.79 Å². The predicted molar refractivity (Wildman–Crippen MR) is 87.8 cm³/mol. The topological polar surface area (TPSA) is 44.9 Å². The summed E-state index contributed by atoms with van der Waals surface area (Å²) in [5.41, 5.74) is 5.04. The predicted octanol–water partition coefficient (Wildman–Crippen LogP) is 3.76. The van der Waals surface area contributed by atoms with Crippen molar-refractivity contribution in [1.82, 2.24) is 4.98 Å². The van der Waals surface area contributed by atoms with Gasteiger partial charge in [-0.3, -0.25) is 4.79 Å². The van der Waals surface area contributed by atoms with Gasteiger partial charge in [0.15, 0.2) is 0 Å². The zero-order chi connectivity index (χ0) is 14.8. The largest absolute Gasteiger partial charge is 0.381 e. The Labute approximate surface area is 123 Å². The maximum absolute atomic E-state index is 12.2. The van der Waals surface area contributed by atoms with Crippen LogP contribution in [0.3, 0.4) is 0 Å². The molecule has 0 saturated carbocycles. The quantitative estimate of drug-likeness (QED) is 0.766. The van der Waals surface area contributed by atoms with Gasteiger partial charge in [-0.2, -0.15) is 0 Å². The molecule has 0 amide bonds. The van der Waals surface area contributed by atoms with Crippen molar-refractivity contribution in [2.45, 2.75) is 20.4 Å². The number of hydrogen-bond donors (Lipinski definition) is 2. The number of hydrogen-bond acceptors (Lipinski definition) is 2. The first-order chi connectivity index (χ1) is 10.1. The van der Waals surface area contributed by atoms with E-state index in [1.54, 1.807) is 0 Å². The van der Waals surface area contributed by atoms with E-state index in [0.29, 0.717) is 6.54 Å². The van der Waals surface area contributed by atoms with Crippen LogP contribution in [0.25, 0.3) is 10.9 Å². The molecular formula is C18H18N2O. The number of benzene rings is 2. The lowest BCUT2D eigenvalue weighted by atomic mass is 10.0.